The van der Waals surface area contributed by atoms with Crippen LogP contribution in [0, 0.1) is 0 Å². The molecule has 1 atom stereocenters. The lowest BCUT2D eigenvalue weighted by molar-refractivity contribution is -0.143. The van der Waals surface area contributed by atoms with E-state index in [-0.39, 0.29) is 38.4 Å². The molecule has 0 radical (unpaired) electrons. The summed E-state index contributed by atoms with van der Waals surface area (Å²) < 4.78 is 10.1. The number of carbonyl (C=O) groups excluding carboxylic acids is 4. The molecule has 1 rings (SSSR count). The molecular weight excluding hydrogens is 454 g/mol. The number of esters is 1. The van der Waals surface area contributed by atoms with Crippen LogP contribution in [0.5, 0.6) is 5.75 Å². The molecule has 1 unspecified atom stereocenters. The summed E-state index contributed by atoms with van der Waals surface area (Å²) in [6, 6.07) is 5.02. The van der Waals surface area contributed by atoms with Crippen LogP contribution in [-0.4, -0.2) is 65.7 Å². The number of rotatable bonds is 13. The molecule has 0 heterocycles. The smallest absolute Gasteiger partial charge is 0.408 e. The molecule has 0 fully saturated rings. The number of benzene rings is 1. The van der Waals surface area contributed by atoms with Gasteiger partial charge >= 0.3 is 12.1 Å². The van der Waals surface area contributed by atoms with Crippen LogP contribution in [0.25, 0.3) is 0 Å². The van der Waals surface area contributed by atoms with E-state index in [0.29, 0.717) is 12.0 Å². The Morgan fingerprint density at radius 1 is 1.09 bits per heavy atom. The van der Waals surface area contributed by atoms with Crippen molar-refractivity contribution in [2.45, 2.75) is 71.9 Å². The summed E-state index contributed by atoms with van der Waals surface area (Å²) >= 11 is 0. The van der Waals surface area contributed by atoms with Gasteiger partial charge in [0, 0.05) is 13.1 Å². The van der Waals surface area contributed by atoms with Gasteiger partial charge in [0.25, 0.3) is 0 Å². The first-order chi connectivity index (χ1) is 16.5. The van der Waals surface area contributed by atoms with Gasteiger partial charge in [-0.25, -0.2) is 4.79 Å². The number of nitrogens with zero attached hydrogens (tertiary/aromatic N) is 1. The van der Waals surface area contributed by atoms with Crippen molar-refractivity contribution in [1.82, 2.24) is 15.5 Å². The maximum atomic E-state index is 13.2. The van der Waals surface area contributed by atoms with Crippen molar-refractivity contribution in [1.29, 1.82) is 0 Å². The maximum Gasteiger partial charge on any atom is 0.408 e. The minimum atomic E-state index is -1.07. The molecule has 35 heavy (non-hydrogen) atoms. The first kappa shape index (κ1) is 29.7. The largest absolute Gasteiger partial charge is 0.508 e. The topological polar surface area (TPSA) is 134 Å². The van der Waals surface area contributed by atoms with E-state index >= 15 is 0 Å². The molecule has 0 bridgehead atoms. The molecule has 0 aromatic heterocycles. The van der Waals surface area contributed by atoms with Gasteiger partial charge < -0.3 is 30.1 Å². The van der Waals surface area contributed by atoms with Gasteiger partial charge in [0.2, 0.25) is 11.8 Å². The van der Waals surface area contributed by atoms with Crippen LogP contribution in [0.15, 0.2) is 24.3 Å². The molecule has 0 saturated carbocycles. The van der Waals surface area contributed by atoms with Gasteiger partial charge in [0.1, 0.15) is 23.9 Å². The third-order valence-corrected chi connectivity index (χ3v) is 4.79. The zero-order chi connectivity index (χ0) is 26.4. The summed E-state index contributed by atoms with van der Waals surface area (Å²) in [6.07, 6.45) is 1.62. The van der Waals surface area contributed by atoms with Crippen molar-refractivity contribution in [3.8, 4) is 5.75 Å². The predicted octanol–water partition coefficient (Wildman–Crippen LogP) is 3.05. The van der Waals surface area contributed by atoms with Crippen LogP contribution in [0.3, 0.4) is 0 Å². The molecule has 10 heteroatoms. The molecular formula is C25H39N3O7. The first-order valence-corrected chi connectivity index (χ1v) is 12.0. The highest BCUT2D eigenvalue weighted by atomic mass is 16.6. The van der Waals surface area contributed by atoms with Crippen molar-refractivity contribution in [2.75, 3.05) is 26.2 Å². The van der Waals surface area contributed by atoms with E-state index in [4.69, 9.17) is 9.47 Å². The highest BCUT2D eigenvalue weighted by Gasteiger charge is 2.31. The SMILES string of the molecule is CCCCCN(C(=O)CNC(=O)OC(C)(C)C)C(C(=O)NCCC(=O)OCC)c1cccc(O)c1. The molecule has 0 saturated heterocycles. The van der Waals surface area contributed by atoms with Gasteiger partial charge in [-0.05, 0) is 51.8 Å². The van der Waals surface area contributed by atoms with Crippen LogP contribution in [0.2, 0.25) is 0 Å². The highest BCUT2D eigenvalue weighted by Crippen LogP contribution is 2.25. The molecule has 0 aliphatic carbocycles. The normalized spacial score (nSPS) is 11.8. The van der Waals surface area contributed by atoms with Crippen LogP contribution in [0.4, 0.5) is 4.79 Å². The van der Waals surface area contributed by atoms with Gasteiger partial charge in [0.15, 0.2) is 0 Å². The molecule has 3 N–H and O–H groups in total. The Morgan fingerprint density at radius 3 is 2.40 bits per heavy atom. The lowest BCUT2D eigenvalue weighted by atomic mass is 10.0. The van der Waals surface area contributed by atoms with E-state index in [2.05, 4.69) is 10.6 Å². The van der Waals surface area contributed by atoms with Gasteiger partial charge in [-0.3, -0.25) is 14.4 Å². The number of phenols is 1. The number of alkyl carbamates (subject to hydrolysis) is 1. The monoisotopic (exact) mass is 493 g/mol. The molecule has 0 spiro atoms. The number of aromatic hydroxyl groups is 1. The Hall–Kier alpha value is -3.30. The lowest BCUT2D eigenvalue weighted by Crippen LogP contribution is -2.48. The van der Waals surface area contributed by atoms with E-state index in [1.165, 1.54) is 17.0 Å². The van der Waals surface area contributed by atoms with E-state index in [9.17, 15) is 24.3 Å². The van der Waals surface area contributed by atoms with Gasteiger partial charge in [0.05, 0.1) is 13.0 Å². The number of nitrogens with one attached hydrogen (secondary N) is 2. The van der Waals surface area contributed by atoms with E-state index in [1.807, 2.05) is 6.92 Å². The zero-order valence-corrected chi connectivity index (χ0v) is 21.4. The first-order valence-electron chi connectivity index (χ1n) is 12.0. The second-order valence-electron chi connectivity index (χ2n) is 8.99. The van der Waals surface area contributed by atoms with Crippen LogP contribution < -0.4 is 10.6 Å². The van der Waals surface area contributed by atoms with E-state index < -0.39 is 35.5 Å². The average Bonchev–Trinajstić information content (AvgIpc) is 2.76. The fourth-order valence-electron chi connectivity index (χ4n) is 3.28. The Kier molecular flexibility index (Phi) is 12.6. The zero-order valence-electron chi connectivity index (χ0n) is 21.4. The van der Waals surface area contributed by atoms with Crippen molar-refractivity contribution < 1.29 is 33.8 Å². The molecule has 10 nitrogen and oxygen atoms in total. The number of hydrogen-bond acceptors (Lipinski definition) is 7. The molecule has 0 aliphatic rings. The second-order valence-corrected chi connectivity index (χ2v) is 8.99. The lowest BCUT2D eigenvalue weighted by Gasteiger charge is -2.32. The number of hydrogen-bond donors (Lipinski definition) is 3. The summed E-state index contributed by atoms with van der Waals surface area (Å²) in [5.74, 6) is -1.50. The molecule has 196 valence electrons. The Bertz CT molecular complexity index is 852. The third kappa shape index (κ3) is 11.6. The molecule has 3 amide bonds. The average molecular weight is 494 g/mol. The Morgan fingerprint density at radius 2 is 1.80 bits per heavy atom. The molecule has 1 aromatic carbocycles. The predicted molar refractivity (Wildman–Crippen MR) is 131 cm³/mol. The fraction of sp³-hybridized carbons (Fsp3) is 0.600. The molecule has 0 aliphatic heterocycles. The number of phenolic OH excluding ortho intramolecular Hbond substituents is 1. The third-order valence-electron chi connectivity index (χ3n) is 4.79. The van der Waals surface area contributed by atoms with E-state index in [0.717, 1.165) is 12.8 Å². The number of ether oxygens (including phenoxy) is 2. The van der Waals surface area contributed by atoms with Gasteiger partial charge in [-0.1, -0.05) is 31.9 Å². The van der Waals surface area contributed by atoms with Crippen molar-refractivity contribution in [3.05, 3.63) is 29.8 Å². The number of amides is 3. The van der Waals surface area contributed by atoms with E-state index in [1.54, 1.807) is 39.8 Å². The quantitative estimate of drug-likeness (QED) is 0.284. The van der Waals surface area contributed by atoms with Crippen LogP contribution >= 0.6 is 0 Å². The second kappa shape index (κ2) is 14.9. The van der Waals surface area contributed by atoms with Crippen LogP contribution in [0.1, 0.15) is 71.9 Å². The summed E-state index contributed by atoms with van der Waals surface area (Å²) in [5, 5.41) is 15.1. The number of unbranched alkanes of at least 4 members (excludes halogenated alkanes) is 2. The minimum absolute atomic E-state index is 0.0175. The van der Waals surface area contributed by atoms with Crippen molar-refractivity contribution in [2.24, 2.45) is 0 Å². The highest BCUT2D eigenvalue weighted by molar-refractivity contribution is 5.90. The Labute approximate surface area is 207 Å². The maximum absolute atomic E-state index is 13.2. The van der Waals surface area contributed by atoms with Gasteiger partial charge in [-0.2, -0.15) is 0 Å². The summed E-state index contributed by atoms with van der Waals surface area (Å²) in [7, 11) is 0. The summed E-state index contributed by atoms with van der Waals surface area (Å²) in [5.41, 5.74) is -0.322. The standard InChI is InChI=1S/C25H39N3O7/c1-6-8-9-15-28(20(30)17-27-24(33)35-25(3,4)5)22(18-11-10-12-19(29)16-18)23(32)26-14-13-21(31)34-7-2/h10-12,16,22,29H,6-9,13-15,17H2,1-5H3,(H,26,32)(H,27,33). The van der Waals surface area contributed by atoms with Crippen molar-refractivity contribution >= 4 is 23.9 Å². The van der Waals surface area contributed by atoms with Gasteiger partial charge in [-0.15, -0.1) is 0 Å². The van der Waals surface area contributed by atoms with Crippen molar-refractivity contribution in [3.63, 3.8) is 0 Å². The molecule has 1 aromatic rings. The fourth-order valence-corrected chi connectivity index (χ4v) is 3.28. The summed E-state index contributed by atoms with van der Waals surface area (Å²) in [4.78, 5) is 51.6. The van der Waals surface area contributed by atoms with Crippen LogP contribution in [-0.2, 0) is 23.9 Å². The number of carbonyl (C=O) groups is 4. The summed E-state index contributed by atoms with van der Waals surface area (Å²) in [6.45, 7) is 9.01. The Balaban J connectivity index is 3.13. The minimum Gasteiger partial charge on any atom is -0.508 e.